The molecule has 1 saturated heterocycles. The minimum Gasteiger partial charge on any atom is -0.348 e. The largest absolute Gasteiger partial charge is 0.348 e. The maximum atomic E-state index is 5.91. The first-order chi connectivity index (χ1) is 9.80. The number of piperidine rings is 1. The molecule has 20 heavy (non-hydrogen) atoms. The van der Waals surface area contributed by atoms with Gasteiger partial charge in [-0.15, -0.1) is 11.3 Å². The SMILES string of the molecule is NCc1sc(N2CCC3(CCCC3)CC2)nc1C1CC1. The van der Waals surface area contributed by atoms with E-state index in [1.165, 1.54) is 80.2 Å². The third-order valence-corrected chi connectivity index (χ3v) is 6.78. The van der Waals surface area contributed by atoms with E-state index in [2.05, 4.69) is 4.90 Å². The lowest BCUT2D eigenvalue weighted by molar-refractivity contribution is 0.226. The third-order valence-electron chi connectivity index (χ3n) is 5.62. The summed E-state index contributed by atoms with van der Waals surface area (Å²) in [5.41, 5.74) is 7.93. The molecular weight excluding hydrogens is 266 g/mol. The Balaban J connectivity index is 1.48. The van der Waals surface area contributed by atoms with Crippen LogP contribution in [-0.2, 0) is 6.54 Å². The van der Waals surface area contributed by atoms with E-state index in [9.17, 15) is 0 Å². The molecule has 0 unspecified atom stereocenters. The van der Waals surface area contributed by atoms with Gasteiger partial charge in [-0.1, -0.05) is 12.8 Å². The molecule has 0 radical (unpaired) electrons. The Morgan fingerprint density at radius 2 is 1.85 bits per heavy atom. The highest BCUT2D eigenvalue weighted by Gasteiger charge is 2.38. The lowest BCUT2D eigenvalue weighted by Crippen LogP contribution is -2.38. The molecule has 2 N–H and O–H groups in total. The number of aromatic nitrogens is 1. The van der Waals surface area contributed by atoms with Gasteiger partial charge in [0.15, 0.2) is 5.13 Å². The van der Waals surface area contributed by atoms with Crippen LogP contribution in [0.2, 0.25) is 0 Å². The first-order valence-corrected chi connectivity index (χ1v) is 9.06. The van der Waals surface area contributed by atoms with Gasteiger partial charge in [0.05, 0.1) is 5.69 Å². The van der Waals surface area contributed by atoms with Crippen molar-refractivity contribution in [2.24, 2.45) is 11.1 Å². The van der Waals surface area contributed by atoms with Gasteiger partial charge >= 0.3 is 0 Å². The molecule has 0 amide bonds. The van der Waals surface area contributed by atoms with Gasteiger partial charge in [-0.2, -0.15) is 0 Å². The van der Waals surface area contributed by atoms with Crippen molar-refractivity contribution in [2.75, 3.05) is 18.0 Å². The van der Waals surface area contributed by atoms with Gasteiger partial charge in [0.2, 0.25) is 0 Å². The smallest absolute Gasteiger partial charge is 0.185 e. The van der Waals surface area contributed by atoms with Gasteiger partial charge in [0, 0.05) is 30.4 Å². The lowest BCUT2D eigenvalue weighted by atomic mass is 9.77. The van der Waals surface area contributed by atoms with Crippen LogP contribution < -0.4 is 10.6 Å². The van der Waals surface area contributed by atoms with Crippen molar-refractivity contribution < 1.29 is 0 Å². The van der Waals surface area contributed by atoms with Gasteiger partial charge in [0.1, 0.15) is 0 Å². The maximum Gasteiger partial charge on any atom is 0.185 e. The zero-order valence-corrected chi connectivity index (χ0v) is 13.1. The molecule has 2 heterocycles. The van der Waals surface area contributed by atoms with Crippen LogP contribution in [0.1, 0.15) is 67.9 Å². The first kappa shape index (κ1) is 13.1. The molecule has 110 valence electrons. The second-order valence-corrected chi connectivity index (χ2v) is 8.04. The highest BCUT2D eigenvalue weighted by Crippen LogP contribution is 2.48. The standard InChI is InChI=1S/C16H25N3S/c17-11-13-14(12-3-4-12)18-15(20-13)19-9-7-16(8-10-19)5-1-2-6-16/h12H,1-11,17H2. The van der Waals surface area contributed by atoms with Gasteiger partial charge in [0.25, 0.3) is 0 Å². The van der Waals surface area contributed by atoms with Crippen LogP contribution in [0.15, 0.2) is 0 Å². The number of nitrogens with two attached hydrogens (primary N) is 1. The molecule has 1 aliphatic heterocycles. The number of rotatable bonds is 3. The summed E-state index contributed by atoms with van der Waals surface area (Å²) in [4.78, 5) is 8.81. The molecule has 0 bridgehead atoms. The van der Waals surface area contributed by atoms with Crippen molar-refractivity contribution in [3.63, 3.8) is 0 Å². The Kier molecular flexibility index (Phi) is 3.26. The molecule has 2 aliphatic carbocycles. The summed E-state index contributed by atoms with van der Waals surface area (Å²) in [6.45, 7) is 3.09. The summed E-state index contributed by atoms with van der Waals surface area (Å²) in [5.74, 6) is 0.726. The van der Waals surface area contributed by atoms with E-state index in [-0.39, 0.29) is 0 Å². The van der Waals surface area contributed by atoms with Crippen molar-refractivity contribution in [1.29, 1.82) is 0 Å². The van der Waals surface area contributed by atoms with Crippen molar-refractivity contribution in [3.8, 4) is 0 Å². The topological polar surface area (TPSA) is 42.1 Å². The number of thiazole rings is 1. The normalized spacial score (nSPS) is 25.6. The van der Waals surface area contributed by atoms with Gasteiger partial charge in [-0.05, 0) is 43.9 Å². The zero-order valence-electron chi connectivity index (χ0n) is 12.2. The average Bonchev–Trinajstić information content (AvgIpc) is 3.08. The second-order valence-electron chi connectivity index (χ2n) is 6.98. The van der Waals surface area contributed by atoms with E-state index < -0.39 is 0 Å². The summed E-state index contributed by atoms with van der Waals surface area (Å²) >= 11 is 1.86. The predicted molar refractivity (Wildman–Crippen MR) is 84.3 cm³/mol. The van der Waals surface area contributed by atoms with Crippen LogP contribution in [0, 0.1) is 5.41 Å². The van der Waals surface area contributed by atoms with Crippen molar-refractivity contribution in [3.05, 3.63) is 10.6 Å². The molecule has 1 aromatic rings. The van der Waals surface area contributed by atoms with Crippen LogP contribution in [0.3, 0.4) is 0 Å². The van der Waals surface area contributed by atoms with E-state index in [4.69, 9.17) is 10.7 Å². The lowest BCUT2D eigenvalue weighted by Gasteiger charge is -2.39. The van der Waals surface area contributed by atoms with Crippen molar-refractivity contribution in [1.82, 2.24) is 4.98 Å². The van der Waals surface area contributed by atoms with Crippen LogP contribution in [0.4, 0.5) is 5.13 Å². The van der Waals surface area contributed by atoms with Gasteiger partial charge in [-0.25, -0.2) is 4.98 Å². The zero-order chi connectivity index (χ0) is 13.6. The molecule has 3 nitrogen and oxygen atoms in total. The quantitative estimate of drug-likeness (QED) is 0.924. The fraction of sp³-hybridized carbons (Fsp3) is 0.812. The molecule has 0 aromatic carbocycles. The Morgan fingerprint density at radius 3 is 2.45 bits per heavy atom. The Bertz CT molecular complexity index is 476. The van der Waals surface area contributed by atoms with E-state index in [0.29, 0.717) is 12.0 Å². The van der Waals surface area contributed by atoms with E-state index in [1.54, 1.807) is 0 Å². The third kappa shape index (κ3) is 2.27. The second kappa shape index (κ2) is 4.99. The monoisotopic (exact) mass is 291 g/mol. The molecule has 4 heteroatoms. The van der Waals surface area contributed by atoms with Gasteiger partial charge in [-0.3, -0.25) is 0 Å². The minimum absolute atomic E-state index is 0.668. The first-order valence-electron chi connectivity index (χ1n) is 8.24. The Hall–Kier alpha value is -0.610. The number of anilines is 1. The summed E-state index contributed by atoms with van der Waals surface area (Å²) < 4.78 is 0. The molecule has 1 aromatic heterocycles. The molecule has 2 saturated carbocycles. The summed E-state index contributed by atoms with van der Waals surface area (Å²) in [6.07, 6.45) is 11.3. The highest BCUT2D eigenvalue weighted by atomic mass is 32.1. The number of nitrogens with zero attached hydrogens (tertiary/aromatic N) is 2. The Labute approximate surface area is 125 Å². The number of hydrogen-bond acceptors (Lipinski definition) is 4. The molecule has 3 aliphatic rings. The highest BCUT2D eigenvalue weighted by molar-refractivity contribution is 7.15. The summed E-state index contributed by atoms with van der Waals surface area (Å²) in [6, 6.07) is 0. The Morgan fingerprint density at radius 1 is 1.15 bits per heavy atom. The molecule has 0 atom stereocenters. The fourth-order valence-corrected chi connectivity index (χ4v) is 5.18. The fourth-order valence-electron chi connectivity index (χ4n) is 4.11. The van der Waals surface area contributed by atoms with E-state index >= 15 is 0 Å². The molecule has 4 rings (SSSR count). The predicted octanol–water partition coefficient (Wildman–Crippen LogP) is 3.64. The minimum atomic E-state index is 0.668. The van der Waals surface area contributed by atoms with Gasteiger partial charge < -0.3 is 10.6 Å². The molecule has 1 spiro atoms. The summed E-state index contributed by atoms with van der Waals surface area (Å²) in [7, 11) is 0. The van der Waals surface area contributed by atoms with Crippen LogP contribution in [0.25, 0.3) is 0 Å². The number of hydrogen-bond donors (Lipinski definition) is 1. The van der Waals surface area contributed by atoms with Crippen LogP contribution in [-0.4, -0.2) is 18.1 Å². The van der Waals surface area contributed by atoms with E-state index in [0.717, 1.165) is 5.92 Å². The van der Waals surface area contributed by atoms with Crippen LogP contribution >= 0.6 is 11.3 Å². The van der Waals surface area contributed by atoms with Crippen molar-refractivity contribution >= 4 is 16.5 Å². The van der Waals surface area contributed by atoms with Crippen LogP contribution in [0.5, 0.6) is 0 Å². The molecule has 3 fully saturated rings. The molecular formula is C16H25N3S. The van der Waals surface area contributed by atoms with E-state index in [1.807, 2.05) is 11.3 Å². The van der Waals surface area contributed by atoms with Crippen molar-refractivity contribution in [2.45, 2.75) is 63.8 Å². The maximum absolute atomic E-state index is 5.91. The average molecular weight is 291 g/mol. The summed E-state index contributed by atoms with van der Waals surface area (Å²) in [5, 5.41) is 1.25.